The van der Waals surface area contributed by atoms with Gasteiger partial charge < -0.3 is 9.30 Å². The van der Waals surface area contributed by atoms with Crippen LogP contribution in [-0.2, 0) is 11.3 Å². The fourth-order valence-electron chi connectivity index (χ4n) is 5.01. The molecule has 1 aromatic heterocycles. The lowest BCUT2D eigenvalue weighted by molar-refractivity contribution is 0.0365. The van der Waals surface area contributed by atoms with E-state index in [1.807, 2.05) is 18.2 Å². The van der Waals surface area contributed by atoms with Gasteiger partial charge in [0.05, 0.1) is 18.8 Å². The molecule has 0 unspecified atom stereocenters. The van der Waals surface area contributed by atoms with E-state index in [1.54, 1.807) is 0 Å². The monoisotopic (exact) mass is 426 g/mol. The molecular weight excluding hydrogens is 396 g/mol. The number of ether oxygens (including phenoxy) is 1. The Morgan fingerprint density at radius 1 is 0.875 bits per heavy atom. The average Bonchev–Trinajstić information content (AvgIpc) is 3.08. The molecule has 1 aliphatic heterocycles. The lowest BCUT2D eigenvalue weighted by atomic mass is 9.93. The first-order valence-electron chi connectivity index (χ1n) is 11.5. The molecule has 0 atom stereocenters. The van der Waals surface area contributed by atoms with Crippen LogP contribution in [0.15, 0.2) is 54.6 Å². The van der Waals surface area contributed by atoms with Crippen LogP contribution in [-0.4, -0.2) is 48.1 Å². The maximum Gasteiger partial charge on any atom is 0.196 e. The van der Waals surface area contributed by atoms with Crippen molar-refractivity contribution < 1.29 is 9.53 Å². The molecule has 0 aliphatic carbocycles. The highest BCUT2D eigenvalue weighted by Crippen LogP contribution is 2.32. The second-order valence-electron chi connectivity index (χ2n) is 8.89. The molecule has 0 bridgehead atoms. The van der Waals surface area contributed by atoms with Gasteiger partial charge in [-0.05, 0) is 48.7 Å². The number of aromatic nitrogens is 1. The number of benzene rings is 3. The van der Waals surface area contributed by atoms with E-state index in [0.29, 0.717) is 0 Å². The summed E-state index contributed by atoms with van der Waals surface area (Å²) in [5.41, 5.74) is 6.21. The second kappa shape index (κ2) is 8.53. The van der Waals surface area contributed by atoms with E-state index >= 15 is 0 Å². The van der Waals surface area contributed by atoms with Crippen LogP contribution in [0.5, 0.6) is 0 Å². The second-order valence-corrected chi connectivity index (χ2v) is 8.89. The summed E-state index contributed by atoms with van der Waals surface area (Å²) in [4.78, 5) is 16.4. The Hall–Kier alpha value is -2.95. The molecule has 2 heterocycles. The topological polar surface area (TPSA) is 34.5 Å². The zero-order valence-corrected chi connectivity index (χ0v) is 19.1. The van der Waals surface area contributed by atoms with Gasteiger partial charge in [-0.2, -0.15) is 0 Å². The molecule has 164 valence electrons. The van der Waals surface area contributed by atoms with Gasteiger partial charge in [-0.25, -0.2) is 0 Å². The summed E-state index contributed by atoms with van der Waals surface area (Å²) in [5, 5.41) is 3.21. The van der Waals surface area contributed by atoms with E-state index in [1.165, 1.54) is 11.1 Å². The first-order valence-corrected chi connectivity index (χ1v) is 11.5. The molecule has 0 spiro atoms. The van der Waals surface area contributed by atoms with Crippen molar-refractivity contribution in [1.82, 2.24) is 9.47 Å². The van der Waals surface area contributed by atoms with Crippen LogP contribution in [0.25, 0.3) is 21.7 Å². The molecule has 1 saturated heterocycles. The van der Waals surface area contributed by atoms with Gasteiger partial charge in [-0.1, -0.05) is 48.5 Å². The Morgan fingerprint density at radius 2 is 1.62 bits per heavy atom. The van der Waals surface area contributed by atoms with Gasteiger partial charge in [-0.15, -0.1) is 0 Å². The maximum atomic E-state index is 14.0. The van der Waals surface area contributed by atoms with Crippen LogP contribution in [0.4, 0.5) is 0 Å². The average molecular weight is 427 g/mol. The number of aryl methyl sites for hydroxylation is 2. The zero-order valence-electron chi connectivity index (χ0n) is 19.1. The number of morpholine rings is 1. The number of ketones is 1. The third kappa shape index (κ3) is 3.64. The van der Waals surface area contributed by atoms with Gasteiger partial charge in [0.15, 0.2) is 5.78 Å². The number of carbonyl (C=O) groups is 1. The number of hydrogen-bond donors (Lipinski definition) is 0. The molecule has 0 radical (unpaired) electrons. The number of nitrogens with zero attached hydrogens (tertiary/aromatic N) is 2. The van der Waals surface area contributed by atoms with Gasteiger partial charge in [0.2, 0.25) is 0 Å². The van der Waals surface area contributed by atoms with Crippen LogP contribution in [0.1, 0.15) is 32.7 Å². The normalized spacial score (nSPS) is 15.0. The molecule has 4 aromatic rings. The van der Waals surface area contributed by atoms with Crippen LogP contribution in [0.3, 0.4) is 0 Å². The Balaban J connectivity index is 1.61. The minimum Gasteiger partial charge on any atom is -0.379 e. The summed E-state index contributed by atoms with van der Waals surface area (Å²) in [6.45, 7) is 11.7. The molecule has 1 aliphatic rings. The molecular formula is C28H30N2O2. The summed E-state index contributed by atoms with van der Waals surface area (Å²) in [7, 11) is 0. The summed E-state index contributed by atoms with van der Waals surface area (Å²) in [5.74, 6) is 0.109. The largest absolute Gasteiger partial charge is 0.379 e. The Labute approximate surface area is 189 Å². The Kier molecular flexibility index (Phi) is 5.58. The predicted molar refractivity (Wildman–Crippen MR) is 131 cm³/mol. The first kappa shape index (κ1) is 20.9. The van der Waals surface area contributed by atoms with Crippen molar-refractivity contribution in [1.29, 1.82) is 0 Å². The molecule has 0 amide bonds. The van der Waals surface area contributed by atoms with E-state index in [-0.39, 0.29) is 5.78 Å². The molecule has 1 fully saturated rings. The lowest BCUT2D eigenvalue weighted by Crippen LogP contribution is -2.38. The van der Waals surface area contributed by atoms with Crippen molar-refractivity contribution in [3.63, 3.8) is 0 Å². The highest BCUT2D eigenvalue weighted by molar-refractivity contribution is 6.22. The molecule has 0 N–H and O–H groups in total. The highest BCUT2D eigenvalue weighted by Gasteiger charge is 2.23. The van der Waals surface area contributed by atoms with Gasteiger partial charge in [0.1, 0.15) is 0 Å². The van der Waals surface area contributed by atoms with E-state index in [2.05, 4.69) is 66.6 Å². The SMILES string of the molecule is Cc1ccc2c(C(=O)c3ccc(C)c4ccccc34)c(C)n(CCN3CCOCC3)c2c1. The smallest absolute Gasteiger partial charge is 0.196 e. The molecule has 3 aromatic carbocycles. The minimum atomic E-state index is 0.109. The van der Waals surface area contributed by atoms with Crippen LogP contribution in [0.2, 0.25) is 0 Å². The first-order chi connectivity index (χ1) is 15.5. The fourth-order valence-corrected chi connectivity index (χ4v) is 5.01. The number of rotatable bonds is 5. The van der Waals surface area contributed by atoms with Gasteiger partial charge >= 0.3 is 0 Å². The molecule has 5 rings (SSSR count). The van der Waals surface area contributed by atoms with Crippen molar-refractivity contribution in [3.05, 3.63) is 82.5 Å². The number of carbonyl (C=O) groups excluding carboxylic acids is 1. The standard InChI is InChI=1S/C28H30N2O2/c1-19-8-10-25-26(18-19)30(13-12-29-14-16-32-17-15-29)21(3)27(25)28(31)24-11-9-20(2)22-6-4-5-7-23(22)24/h4-11,18H,12-17H2,1-3H3. The summed E-state index contributed by atoms with van der Waals surface area (Å²) in [6.07, 6.45) is 0. The van der Waals surface area contributed by atoms with Gasteiger partial charge in [0.25, 0.3) is 0 Å². The van der Waals surface area contributed by atoms with Crippen LogP contribution >= 0.6 is 0 Å². The quantitative estimate of drug-likeness (QED) is 0.407. The Bertz CT molecular complexity index is 1310. The third-order valence-corrected chi connectivity index (χ3v) is 6.84. The van der Waals surface area contributed by atoms with Crippen LogP contribution < -0.4 is 0 Å². The van der Waals surface area contributed by atoms with Crippen molar-refractivity contribution >= 4 is 27.5 Å². The Morgan fingerprint density at radius 3 is 2.41 bits per heavy atom. The van der Waals surface area contributed by atoms with E-state index in [0.717, 1.165) is 77.9 Å². The number of hydrogen-bond acceptors (Lipinski definition) is 3. The van der Waals surface area contributed by atoms with Crippen molar-refractivity contribution in [2.45, 2.75) is 27.3 Å². The van der Waals surface area contributed by atoms with Gasteiger partial charge in [-0.3, -0.25) is 9.69 Å². The summed E-state index contributed by atoms with van der Waals surface area (Å²) >= 11 is 0. The molecule has 32 heavy (non-hydrogen) atoms. The van der Waals surface area contributed by atoms with E-state index < -0.39 is 0 Å². The van der Waals surface area contributed by atoms with Crippen molar-refractivity contribution in [3.8, 4) is 0 Å². The zero-order chi connectivity index (χ0) is 22.2. The van der Waals surface area contributed by atoms with Crippen molar-refractivity contribution in [2.75, 3.05) is 32.8 Å². The van der Waals surface area contributed by atoms with E-state index in [4.69, 9.17) is 4.74 Å². The minimum absolute atomic E-state index is 0.109. The lowest BCUT2D eigenvalue weighted by Gasteiger charge is -2.27. The van der Waals surface area contributed by atoms with Crippen LogP contribution in [0, 0.1) is 20.8 Å². The maximum absolute atomic E-state index is 14.0. The predicted octanol–water partition coefficient (Wildman–Crippen LogP) is 5.28. The summed E-state index contributed by atoms with van der Waals surface area (Å²) in [6, 6.07) is 18.7. The molecule has 4 nitrogen and oxygen atoms in total. The summed E-state index contributed by atoms with van der Waals surface area (Å²) < 4.78 is 7.83. The van der Waals surface area contributed by atoms with Gasteiger partial charge in [0, 0.05) is 48.3 Å². The highest BCUT2D eigenvalue weighted by atomic mass is 16.5. The third-order valence-electron chi connectivity index (χ3n) is 6.84. The van der Waals surface area contributed by atoms with Crippen molar-refractivity contribution in [2.24, 2.45) is 0 Å². The number of fused-ring (bicyclic) bond motifs is 2. The fraction of sp³-hybridized carbons (Fsp3) is 0.321. The van der Waals surface area contributed by atoms with E-state index in [9.17, 15) is 4.79 Å². The molecule has 4 heteroatoms. The molecule has 0 saturated carbocycles.